The van der Waals surface area contributed by atoms with E-state index in [4.69, 9.17) is 0 Å². The Morgan fingerprint density at radius 1 is 1.36 bits per heavy atom. The van der Waals surface area contributed by atoms with Crippen LogP contribution >= 0.6 is 0 Å². The molecule has 2 fully saturated rings. The van der Waals surface area contributed by atoms with E-state index in [1.807, 2.05) is 0 Å². The summed E-state index contributed by atoms with van der Waals surface area (Å²) in [4.78, 5) is 16.0. The maximum atomic E-state index is 11.5. The lowest BCUT2D eigenvalue weighted by molar-refractivity contribution is -0.151. The predicted octanol–water partition coefficient (Wildman–Crippen LogP) is 1.09. The largest absolute Gasteiger partial charge is 0.336 e. The van der Waals surface area contributed by atoms with Crippen molar-refractivity contribution in [2.24, 2.45) is 0 Å². The fourth-order valence-corrected chi connectivity index (χ4v) is 2.61. The van der Waals surface area contributed by atoms with Crippen LogP contribution in [-0.4, -0.2) is 47.9 Å². The zero-order valence-electron chi connectivity index (χ0n) is 9.20. The summed E-state index contributed by atoms with van der Waals surface area (Å²) in [5, 5.41) is 0. The van der Waals surface area contributed by atoms with Gasteiger partial charge in [0.05, 0.1) is 0 Å². The summed E-state index contributed by atoms with van der Waals surface area (Å²) < 4.78 is 0. The molecular formula is C11H20N2O. The highest BCUT2D eigenvalue weighted by Gasteiger charge is 2.39. The number of hydrogen-bond acceptors (Lipinski definition) is 2. The van der Waals surface area contributed by atoms with Crippen molar-refractivity contribution in [2.45, 2.75) is 44.7 Å². The van der Waals surface area contributed by atoms with Gasteiger partial charge in [0.25, 0.3) is 0 Å². The minimum atomic E-state index is 0.381. The molecule has 1 atom stereocenters. The maximum Gasteiger partial charge on any atom is 0.225 e. The predicted molar refractivity (Wildman–Crippen MR) is 56.1 cm³/mol. The number of nitrogens with zero attached hydrogens (tertiary/aromatic N) is 2. The van der Waals surface area contributed by atoms with Crippen molar-refractivity contribution in [2.75, 3.05) is 20.1 Å². The Morgan fingerprint density at radius 2 is 2.00 bits per heavy atom. The van der Waals surface area contributed by atoms with Crippen LogP contribution in [0.5, 0.6) is 0 Å². The van der Waals surface area contributed by atoms with Crippen LogP contribution in [0, 0.1) is 0 Å². The van der Waals surface area contributed by atoms with Crippen molar-refractivity contribution in [1.29, 1.82) is 0 Å². The number of rotatable bonds is 2. The van der Waals surface area contributed by atoms with Crippen molar-refractivity contribution in [3.8, 4) is 0 Å². The van der Waals surface area contributed by atoms with Gasteiger partial charge >= 0.3 is 0 Å². The van der Waals surface area contributed by atoms with E-state index < -0.39 is 0 Å². The highest BCUT2D eigenvalue weighted by atomic mass is 16.2. The van der Waals surface area contributed by atoms with Crippen molar-refractivity contribution in [3.63, 3.8) is 0 Å². The molecule has 0 N–H and O–H groups in total. The van der Waals surface area contributed by atoms with Gasteiger partial charge in [-0.2, -0.15) is 0 Å². The second-order valence-corrected chi connectivity index (χ2v) is 4.60. The summed E-state index contributed by atoms with van der Waals surface area (Å²) in [7, 11) is 2.16. The van der Waals surface area contributed by atoms with Crippen molar-refractivity contribution >= 4 is 5.91 Å². The van der Waals surface area contributed by atoms with E-state index in [2.05, 4.69) is 23.8 Å². The molecule has 3 heteroatoms. The fourth-order valence-electron chi connectivity index (χ4n) is 2.61. The van der Waals surface area contributed by atoms with Gasteiger partial charge in [0, 0.05) is 18.5 Å². The Morgan fingerprint density at radius 3 is 2.50 bits per heavy atom. The number of piperidine rings is 1. The zero-order chi connectivity index (χ0) is 10.1. The lowest BCUT2D eigenvalue weighted by atomic mass is 9.92. The van der Waals surface area contributed by atoms with Crippen LogP contribution < -0.4 is 0 Å². The molecular weight excluding hydrogens is 176 g/mol. The first kappa shape index (κ1) is 9.97. The lowest BCUT2D eigenvalue weighted by Gasteiger charge is -2.47. The zero-order valence-corrected chi connectivity index (χ0v) is 9.20. The highest BCUT2D eigenvalue weighted by molar-refractivity contribution is 5.83. The molecule has 2 saturated heterocycles. The first-order valence-electron chi connectivity index (χ1n) is 5.72. The third-order valence-corrected chi connectivity index (χ3v) is 3.64. The molecule has 3 nitrogen and oxygen atoms in total. The van der Waals surface area contributed by atoms with Crippen LogP contribution in [0.1, 0.15) is 32.6 Å². The van der Waals surface area contributed by atoms with E-state index >= 15 is 0 Å². The van der Waals surface area contributed by atoms with Crippen molar-refractivity contribution in [1.82, 2.24) is 9.80 Å². The Bertz CT molecular complexity index is 221. The summed E-state index contributed by atoms with van der Waals surface area (Å²) in [6.45, 7) is 4.47. The third kappa shape index (κ3) is 1.65. The molecule has 0 aromatic rings. The molecule has 2 aliphatic heterocycles. The molecule has 1 amide bonds. The topological polar surface area (TPSA) is 23.6 Å². The molecule has 0 radical (unpaired) electrons. The van der Waals surface area contributed by atoms with E-state index in [9.17, 15) is 4.79 Å². The van der Waals surface area contributed by atoms with Crippen LogP contribution in [0.4, 0.5) is 0 Å². The molecule has 0 spiro atoms. The van der Waals surface area contributed by atoms with E-state index in [1.54, 1.807) is 0 Å². The average Bonchev–Trinajstić information content (AvgIpc) is 2.17. The van der Waals surface area contributed by atoms with Gasteiger partial charge in [0.1, 0.15) is 0 Å². The Labute approximate surface area is 86.1 Å². The average molecular weight is 196 g/mol. The van der Waals surface area contributed by atoms with Crippen LogP contribution in [0.25, 0.3) is 0 Å². The molecule has 2 aliphatic rings. The number of likely N-dealkylation sites (tertiary alicyclic amines) is 2. The molecule has 2 rings (SSSR count). The molecule has 2 heterocycles. The standard InChI is InChI=1S/C11H20N2O/c1-3-9-8-11(14)13(9)10-4-6-12(2)7-5-10/h9-10H,3-8H2,1-2H3/t9-/m0/s1. The monoisotopic (exact) mass is 196 g/mol. The summed E-state index contributed by atoms with van der Waals surface area (Å²) in [5.74, 6) is 0.381. The van der Waals surface area contributed by atoms with E-state index in [1.165, 1.54) is 12.8 Å². The molecule has 0 aromatic heterocycles. The number of carbonyl (C=O) groups excluding carboxylic acids is 1. The van der Waals surface area contributed by atoms with E-state index in [0.29, 0.717) is 18.0 Å². The maximum absolute atomic E-state index is 11.5. The third-order valence-electron chi connectivity index (χ3n) is 3.64. The van der Waals surface area contributed by atoms with Crippen LogP contribution in [-0.2, 0) is 4.79 Å². The smallest absolute Gasteiger partial charge is 0.225 e. The Hall–Kier alpha value is -0.570. The second kappa shape index (κ2) is 3.89. The summed E-state index contributed by atoms with van der Waals surface area (Å²) in [6, 6.07) is 1.09. The van der Waals surface area contributed by atoms with Gasteiger partial charge in [-0.05, 0) is 39.4 Å². The fraction of sp³-hybridized carbons (Fsp3) is 0.909. The number of β-lactam (4-membered cyclic amide) rings is 1. The first-order valence-corrected chi connectivity index (χ1v) is 5.72. The summed E-state index contributed by atoms with van der Waals surface area (Å²) >= 11 is 0. The summed E-state index contributed by atoms with van der Waals surface area (Å²) in [6.07, 6.45) is 4.25. The summed E-state index contributed by atoms with van der Waals surface area (Å²) in [5.41, 5.74) is 0. The SMILES string of the molecule is CC[C@H]1CC(=O)N1C1CCN(C)CC1. The van der Waals surface area contributed by atoms with Crippen molar-refractivity contribution < 1.29 is 4.79 Å². The molecule has 0 aliphatic carbocycles. The van der Waals surface area contributed by atoms with E-state index in [0.717, 1.165) is 25.9 Å². The Balaban J connectivity index is 1.91. The van der Waals surface area contributed by atoms with Gasteiger partial charge in [-0.15, -0.1) is 0 Å². The molecule has 80 valence electrons. The minimum absolute atomic E-state index is 0.381. The number of hydrogen-bond donors (Lipinski definition) is 0. The molecule has 0 saturated carbocycles. The molecule has 0 bridgehead atoms. The van der Waals surface area contributed by atoms with Gasteiger partial charge in [-0.1, -0.05) is 6.92 Å². The number of amides is 1. The molecule has 0 aromatic carbocycles. The van der Waals surface area contributed by atoms with Gasteiger partial charge in [0.15, 0.2) is 0 Å². The second-order valence-electron chi connectivity index (χ2n) is 4.60. The lowest BCUT2D eigenvalue weighted by Crippen LogP contribution is -2.59. The van der Waals surface area contributed by atoms with Gasteiger partial charge in [-0.25, -0.2) is 0 Å². The van der Waals surface area contributed by atoms with Crippen LogP contribution in [0.3, 0.4) is 0 Å². The van der Waals surface area contributed by atoms with Crippen molar-refractivity contribution in [3.05, 3.63) is 0 Å². The normalized spacial score (nSPS) is 30.6. The van der Waals surface area contributed by atoms with Crippen LogP contribution in [0.15, 0.2) is 0 Å². The van der Waals surface area contributed by atoms with Gasteiger partial charge in [0.2, 0.25) is 5.91 Å². The van der Waals surface area contributed by atoms with E-state index in [-0.39, 0.29) is 0 Å². The number of carbonyl (C=O) groups is 1. The van der Waals surface area contributed by atoms with Gasteiger partial charge in [-0.3, -0.25) is 4.79 Å². The Kier molecular flexibility index (Phi) is 2.77. The first-order chi connectivity index (χ1) is 6.72. The minimum Gasteiger partial charge on any atom is -0.336 e. The van der Waals surface area contributed by atoms with Gasteiger partial charge < -0.3 is 9.80 Å². The molecule has 14 heavy (non-hydrogen) atoms. The van der Waals surface area contributed by atoms with Crippen LogP contribution in [0.2, 0.25) is 0 Å². The molecule has 0 unspecified atom stereocenters. The highest BCUT2D eigenvalue weighted by Crippen LogP contribution is 2.29. The quantitative estimate of drug-likeness (QED) is 0.617.